The number of rotatable bonds is 6. The highest BCUT2D eigenvalue weighted by Crippen LogP contribution is 2.30. The predicted octanol–water partition coefficient (Wildman–Crippen LogP) is 4.37. The van der Waals surface area contributed by atoms with Crippen LogP contribution < -0.4 is 10.1 Å². The Bertz CT molecular complexity index is 1010. The van der Waals surface area contributed by atoms with Gasteiger partial charge < -0.3 is 20.2 Å². The first-order valence-corrected chi connectivity index (χ1v) is 8.65. The SMILES string of the molecule is Cc1ccc(C)c(NC(=O)C(Oc2cccnc2[N+](=O)[O-])c2ccccc2)c1. The van der Waals surface area contributed by atoms with Crippen LogP contribution in [-0.4, -0.2) is 15.8 Å². The minimum absolute atomic E-state index is 0.0718. The van der Waals surface area contributed by atoms with E-state index in [2.05, 4.69) is 10.3 Å². The summed E-state index contributed by atoms with van der Waals surface area (Å²) in [5, 5.41) is 14.1. The van der Waals surface area contributed by atoms with E-state index in [1.807, 2.05) is 38.1 Å². The maximum absolute atomic E-state index is 13.0. The summed E-state index contributed by atoms with van der Waals surface area (Å²) in [5.41, 5.74) is 3.14. The number of aromatic nitrogens is 1. The molecule has 2 aromatic carbocycles. The molecule has 1 unspecified atom stereocenters. The summed E-state index contributed by atoms with van der Waals surface area (Å²) in [5.74, 6) is -0.946. The van der Waals surface area contributed by atoms with Crippen molar-refractivity contribution in [2.75, 3.05) is 5.32 Å². The van der Waals surface area contributed by atoms with Gasteiger partial charge in [0.25, 0.3) is 5.91 Å². The van der Waals surface area contributed by atoms with Gasteiger partial charge >= 0.3 is 5.82 Å². The molecule has 0 saturated carbocycles. The zero-order valence-electron chi connectivity index (χ0n) is 15.5. The van der Waals surface area contributed by atoms with Crippen LogP contribution in [0.15, 0.2) is 66.9 Å². The number of nitrogens with zero attached hydrogens (tertiary/aromatic N) is 2. The fourth-order valence-corrected chi connectivity index (χ4v) is 2.71. The highest BCUT2D eigenvalue weighted by molar-refractivity contribution is 5.95. The summed E-state index contributed by atoms with van der Waals surface area (Å²) >= 11 is 0. The Morgan fingerprint density at radius 1 is 1.11 bits per heavy atom. The molecular weight excluding hydrogens is 358 g/mol. The lowest BCUT2D eigenvalue weighted by Crippen LogP contribution is -2.26. The van der Waals surface area contributed by atoms with Crippen molar-refractivity contribution in [1.82, 2.24) is 4.98 Å². The first-order chi connectivity index (χ1) is 13.5. The van der Waals surface area contributed by atoms with E-state index in [4.69, 9.17) is 4.74 Å². The number of anilines is 1. The summed E-state index contributed by atoms with van der Waals surface area (Å²) in [4.78, 5) is 27.4. The van der Waals surface area contributed by atoms with E-state index in [-0.39, 0.29) is 5.75 Å². The number of nitro groups is 1. The molecule has 28 heavy (non-hydrogen) atoms. The Balaban J connectivity index is 1.95. The van der Waals surface area contributed by atoms with Gasteiger partial charge in [0.1, 0.15) is 6.20 Å². The molecule has 3 aromatic rings. The highest BCUT2D eigenvalue weighted by atomic mass is 16.6. The summed E-state index contributed by atoms with van der Waals surface area (Å²) in [7, 11) is 0. The number of pyridine rings is 1. The maximum atomic E-state index is 13.0. The lowest BCUT2D eigenvalue weighted by molar-refractivity contribution is -0.390. The molecule has 0 fully saturated rings. The Morgan fingerprint density at radius 2 is 1.86 bits per heavy atom. The zero-order chi connectivity index (χ0) is 20.1. The lowest BCUT2D eigenvalue weighted by atomic mass is 10.1. The first kappa shape index (κ1) is 19.0. The number of carbonyl (C=O) groups excluding carboxylic acids is 1. The average molecular weight is 377 g/mol. The van der Waals surface area contributed by atoms with E-state index >= 15 is 0 Å². The van der Waals surface area contributed by atoms with Gasteiger partial charge in [-0.25, -0.2) is 0 Å². The van der Waals surface area contributed by atoms with Gasteiger partial charge in [0.15, 0.2) is 0 Å². The topological polar surface area (TPSA) is 94.4 Å². The smallest absolute Gasteiger partial charge is 0.406 e. The Morgan fingerprint density at radius 3 is 2.57 bits per heavy atom. The number of aryl methyl sites for hydroxylation is 2. The van der Waals surface area contributed by atoms with E-state index in [1.165, 1.54) is 18.3 Å². The third kappa shape index (κ3) is 4.32. The molecule has 142 valence electrons. The van der Waals surface area contributed by atoms with Gasteiger partial charge in [0.05, 0.1) is 0 Å². The number of benzene rings is 2. The third-order valence-electron chi connectivity index (χ3n) is 4.16. The van der Waals surface area contributed by atoms with E-state index in [9.17, 15) is 14.9 Å². The monoisotopic (exact) mass is 377 g/mol. The largest absolute Gasteiger partial charge is 0.467 e. The molecule has 0 aliphatic rings. The van der Waals surface area contributed by atoms with E-state index in [0.29, 0.717) is 11.3 Å². The van der Waals surface area contributed by atoms with Crippen LogP contribution in [0.25, 0.3) is 0 Å². The molecule has 0 bridgehead atoms. The molecule has 0 saturated heterocycles. The van der Waals surface area contributed by atoms with Crippen LogP contribution in [0.2, 0.25) is 0 Å². The van der Waals surface area contributed by atoms with Gasteiger partial charge in [0, 0.05) is 11.3 Å². The molecule has 0 aliphatic carbocycles. The molecule has 1 heterocycles. The second-order valence-electron chi connectivity index (χ2n) is 6.30. The molecule has 1 N–H and O–H groups in total. The Labute approximate surface area is 162 Å². The van der Waals surface area contributed by atoms with E-state index in [0.717, 1.165) is 11.1 Å². The maximum Gasteiger partial charge on any atom is 0.406 e. The van der Waals surface area contributed by atoms with E-state index in [1.54, 1.807) is 24.3 Å². The number of hydrogen-bond acceptors (Lipinski definition) is 5. The molecule has 0 aliphatic heterocycles. The van der Waals surface area contributed by atoms with Crippen molar-refractivity contribution in [3.63, 3.8) is 0 Å². The minimum atomic E-state index is -1.08. The van der Waals surface area contributed by atoms with Crippen molar-refractivity contribution in [3.05, 3.63) is 93.7 Å². The van der Waals surface area contributed by atoms with Crippen LogP contribution in [0, 0.1) is 24.0 Å². The molecular formula is C21H19N3O4. The Hall–Kier alpha value is -3.74. The summed E-state index contributed by atoms with van der Waals surface area (Å²) in [6, 6.07) is 17.5. The number of nitrogens with one attached hydrogen (secondary N) is 1. The van der Waals surface area contributed by atoms with Crippen LogP contribution in [-0.2, 0) is 4.79 Å². The fourth-order valence-electron chi connectivity index (χ4n) is 2.71. The number of carbonyl (C=O) groups is 1. The van der Waals surface area contributed by atoms with Gasteiger partial charge in [0.2, 0.25) is 11.9 Å². The van der Waals surface area contributed by atoms with Crippen LogP contribution in [0.1, 0.15) is 22.8 Å². The second-order valence-corrected chi connectivity index (χ2v) is 6.30. The lowest BCUT2D eigenvalue weighted by Gasteiger charge is -2.19. The number of amides is 1. The molecule has 0 radical (unpaired) electrons. The van der Waals surface area contributed by atoms with Gasteiger partial charge in [-0.05, 0) is 53.1 Å². The normalized spacial score (nSPS) is 11.5. The quantitative estimate of drug-likeness (QED) is 0.509. The zero-order valence-corrected chi connectivity index (χ0v) is 15.5. The molecule has 7 nitrogen and oxygen atoms in total. The molecule has 1 atom stereocenters. The summed E-state index contributed by atoms with van der Waals surface area (Å²) in [6.07, 6.45) is 0.225. The van der Waals surface area contributed by atoms with Crippen molar-refractivity contribution in [2.45, 2.75) is 20.0 Å². The standard InChI is InChI=1S/C21H19N3O4/c1-14-10-11-15(2)17(13-14)23-21(25)19(16-7-4-3-5-8-16)28-18-9-6-12-22-20(18)24(26)27/h3-13,19H,1-2H3,(H,23,25). The van der Waals surface area contributed by atoms with Crippen molar-refractivity contribution in [1.29, 1.82) is 0 Å². The van der Waals surface area contributed by atoms with Crippen LogP contribution in [0.5, 0.6) is 5.75 Å². The van der Waals surface area contributed by atoms with Gasteiger partial charge in [-0.1, -0.05) is 42.5 Å². The van der Waals surface area contributed by atoms with Gasteiger partial charge in [-0.15, -0.1) is 0 Å². The molecule has 7 heteroatoms. The van der Waals surface area contributed by atoms with Crippen LogP contribution >= 0.6 is 0 Å². The van der Waals surface area contributed by atoms with E-state index < -0.39 is 22.8 Å². The molecule has 3 rings (SSSR count). The highest BCUT2D eigenvalue weighted by Gasteiger charge is 2.27. The van der Waals surface area contributed by atoms with Crippen molar-refractivity contribution in [3.8, 4) is 5.75 Å². The number of ether oxygens (including phenoxy) is 1. The second kappa shape index (κ2) is 8.30. The summed E-state index contributed by atoms with van der Waals surface area (Å²) < 4.78 is 5.78. The molecule has 1 amide bonds. The van der Waals surface area contributed by atoms with Crippen LogP contribution in [0.3, 0.4) is 0 Å². The third-order valence-corrected chi connectivity index (χ3v) is 4.16. The first-order valence-electron chi connectivity index (χ1n) is 8.65. The van der Waals surface area contributed by atoms with Crippen LogP contribution in [0.4, 0.5) is 11.5 Å². The average Bonchev–Trinajstić information content (AvgIpc) is 2.69. The van der Waals surface area contributed by atoms with Gasteiger partial charge in [-0.3, -0.25) is 4.79 Å². The minimum Gasteiger partial charge on any atom is -0.467 e. The van der Waals surface area contributed by atoms with Gasteiger partial charge in [-0.2, -0.15) is 0 Å². The Kier molecular flexibility index (Phi) is 5.64. The van der Waals surface area contributed by atoms with Crippen molar-refractivity contribution < 1.29 is 14.5 Å². The fraction of sp³-hybridized carbons (Fsp3) is 0.143. The molecule has 1 aromatic heterocycles. The molecule has 0 spiro atoms. The summed E-state index contributed by atoms with van der Waals surface area (Å²) in [6.45, 7) is 3.82. The van der Waals surface area contributed by atoms with Crippen molar-refractivity contribution >= 4 is 17.4 Å². The predicted molar refractivity (Wildman–Crippen MR) is 105 cm³/mol. The number of hydrogen-bond donors (Lipinski definition) is 1. The van der Waals surface area contributed by atoms with Crippen molar-refractivity contribution in [2.24, 2.45) is 0 Å².